The first-order chi connectivity index (χ1) is 10.4. The highest BCUT2D eigenvalue weighted by Crippen LogP contribution is 2.18. The molecule has 0 radical (unpaired) electrons. The summed E-state index contributed by atoms with van der Waals surface area (Å²) in [4.78, 5) is 4.42. The van der Waals surface area contributed by atoms with Crippen LogP contribution in [0.4, 0.5) is 0 Å². The van der Waals surface area contributed by atoms with Crippen molar-refractivity contribution in [3.8, 4) is 5.75 Å². The molecule has 1 N–H and O–H groups in total. The number of hydrogen-bond acceptors (Lipinski definition) is 3. The Hall–Kier alpha value is -1.61. The number of nitrogens with one attached hydrogen (secondary N) is 1. The van der Waals surface area contributed by atoms with Gasteiger partial charge in [0.2, 0.25) is 0 Å². The van der Waals surface area contributed by atoms with E-state index in [0.29, 0.717) is 12.6 Å². The van der Waals surface area contributed by atoms with Crippen molar-refractivity contribution in [1.29, 1.82) is 0 Å². The summed E-state index contributed by atoms with van der Waals surface area (Å²) in [7, 11) is 0. The van der Waals surface area contributed by atoms with E-state index in [-0.39, 0.29) is 0 Å². The quantitative estimate of drug-likeness (QED) is 0.667. The molecule has 2 aromatic rings. The second kappa shape index (κ2) is 7.41. The number of benzene rings is 1. The Kier molecular flexibility index (Phi) is 5.06. The van der Waals surface area contributed by atoms with E-state index >= 15 is 0 Å². The fraction of sp³-hybridized carbons (Fsp3) is 0.500. The minimum absolute atomic E-state index is 0.686. The highest BCUT2D eigenvalue weighted by Gasteiger charge is 2.10. The van der Waals surface area contributed by atoms with Gasteiger partial charge < -0.3 is 10.1 Å². The molecule has 0 spiro atoms. The lowest BCUT2D eigenvalue weighted by Gasteiger charge is -2.16. The topological polar surface area (TPSA) is 34.1 Å². The normalized spacial score (nSPS) is 16.8. The maximum atomic E-state index is 5.81. The van der Waals surface area contributed by atoms with Gasteiger partial charge in [-0.1, -0.05) is 43.9 Å². The predicted molar refractivity (Wildman–Crippen MR) is 86.7 cm³/mol. The highest BCUT2D eigenvalue weighted by molar-refractivity contribution is 5.79. The Labute approximate surface area is 126 Å². The van der Waals surface area contributed by atoms with Crippen LogP contribution < -0.4 is 10.1 Å². The fourth-order valence-electron chi connectivity index (χ4n) is 3.05. The maximum absolute atomic E-state index is 5.81. The summed E-state index contributed by atoms with van der Waals surface area (Å²) in [6.07, 6.45) is 9.98. The summed E-state index contributed by atoms with van der Waals surface area (Å²) in [5.41, 5.74) is 1.02. The molecular weight excluding hydrogens is 260 g/mol. The van der Waals surface area contributed by atoms with Gasteiger partial charge in [-0.05, 0) is 25.0 Å². The van der Waals surface area contributed by atoms with Gasteiger partial charge in [0.1, 0.15) is 12.4 Å². The predicted octanol–water partition coefficient (Wildman–Crippen LogP) is 3.93. The fourth-order valence-corrected chi connectivity index (χ4v) is 3.05. The third-order valence-corrected chi connectivity index (χ3v) is 4.22. The molecule has 21 heavy (non-hydrogen) atoms. The molecule has 1 aromatic carbocycles. The van der Waals surface area contributed by atoms with Gasteiger partial charge in [0.15, 0.2) is 0 Å². The molecule has 3 nitrogen and oxygen atoms in total. The Morgan fingerprint density at radius 3 is 2.76 bits per heavy atom. The summed E-state index contributed by atoms with van der Waals surface area (Å²) in [5.74, 6) is 0.858. The van der Waals surface area contributed by atoms with Crippen LogP contribution in [0.3, 0.4) is 0 Å². The van der Waals surface area contributed by atoms with E-state index < -0.39 is 0 Å². The molecule has 1 aliphatic carbocycles. The van der Waals surface area contributed by atoms with E-state index in [0.717, 1.165) is 23.2 Å². The van der Waals surface area contributed by atoms with Crippen LogP contribution in [-0.2, 0) is 0 Å². The van der Waals surface area contributed by atoms with E-state index in [4.69, 9.17) is 4.74 Å². The molecule has 3 heteroatoms. The van der Waals surface area contributed by atoms with Gasteiger partial charge in [0, 0.05) is 18.0 Å². The van der Waals surface area contributed by atoms with Gasteiger partial charge in [0.05, 0.1) is 11.7 Å². The number of fused-ring (bicyclic) bond motifs is 1. The molecule has 0 amide bonds. The van der Waals surface area contributed by atoms with Crippen molar-refractivity contribution in [3.63, 3.8) is 0 Å². The number of aromatic nitrogens is 1. The molecule has 1 aromatic heterocycles. The number of ether oxygens (including phenoxy) is 1. The minimum atomic E-state index is 0.686. The van der Waals surface area contributed by atoms with Crippen LogP contribution in [0.25, 0.3) is 10.9 Å². The van der Waals surface area contributed by atoms with Crippen molar-refractivity contribution in [1.82, 2.24) is 10.3 Å². The van der Waals surface area contributed by atoms with Gasteiger partial charge in [-0.25, -0.2) is 0 Å². The number of hydrogen-bond donors (Lipinski definition) is 1. The standard InChI is InChI=1S/C18H24N2O/c1-2-4-9-16(8-3-1)19-11-12-21-17-13-15-7-5-6-10-18(15)20-14-17/h5-7,10,13-14,16,19H,1-4,8-9,11-12H2. The van der Waals surface area contributed by atoms with Gasteiger partial charge in [0.25, 0.3) is 0 Å². The lowest BCUT2D eigenvalue weighted by molar-refractivity contribution is 0.300. The number of para-hydroxylation sites is 1. The van der Waals surface area contributed by atoms with Crippen LogP contribution in [0.15, 0.2) is 36.5 Å². The number of rotatable bonds is 5. The largest absolute Gasteiger partial charge is 0.491 e. The SMILES string of the molecule is c1ccc2ncc(OCCNC3CCCCCC3)cc2c1. The molecule has 1 saturated carbocycles. The minimum Gasteiger partial charge on any atom is -0.491 e. The molecule has 0 aliphatic heterocycles. The average Bonchev–Trinajstić information content (AvgIpc) is 2.80. The lowest BCUT2D eigenvalue weighted by atomic mass is 10.1. The first-order valence-corrected chi connectivity index (χ1v) is 8.13. The van der Waals surface area contributed by atoms with Crippen LogP contribution in [0.5, 0.6) is 5.75 Å². The smallest absolute Gasteiger partial charge is 0.138 e. The summed E-state index contributed by atoms with van der Waals surface area (Å²) in [6.45, 7) is 1.62. The Morgan fingerprint density at radius 2 is 1.90 bits per heavy atom. The first-order valence-electron chi connectivity index (χ1n) is 8.13. The molecule has 0 saturated heterocycles. The van der Waals surface area contributed by atoms with E-state index in [2.05, 4.69) is 22.4 Å². The summed E-state index contributed by atoms with van der Waals surface area (Å²) < 4.78 is 5.81. The van der Waals surface area contributed by atoms with Gasteiger partial charge in [-0.3, -0.25) is 4.98 Å². The molecule has 1 heterocycles. The highest BCUT2D eigenvalue weighted by atomic mass is 16.5. The molecule has 0 unspecified atom stereocenters. The monoisotopic (exact) mass is 284 g/mol. The summed E-state index contributed by atoms with van der Waals surface area (Å²) in [6, 6.07) is 10.9. The molecule has 1 aliphatic rings. The van der Waals surface area contributed by atoms with Crippen molar-refractivity contribution < 1.29 is 4.74 Å². The first kappa shape index (κ1) is 14.3. The third kappa shape index (κ3) is 4.18. The Balaban J connectivity index is 1.45. The molecule has 0 bridgehead atoms. The van der Waals surface area contributed by atoms with E-state index in [1.807, 2.05) is 24.4 Å². The molecule has 1 fully saturated rings. The van der Waals surface area contributed by atoms with Crippen LogP contribution >= 0.6 is 0 Å². The Morgan fingerprint density at radius 1 is 1.10 bits per heavy atom. The van der Waals surface area contributed by atoms with Crippen molar-refractivity contribution in [2.45, 2.75) is 44.6 Å². The second-order valence-corrected chi connectivity index (χ2v) is 5.85. The van der Waals surface area contributed by atoms with Crippen molar-refractivity contribution >= 4 is 10.9 Å². The van der Waals surface area contributed by atoms with Crippen molar-refractivity contribution in [3.05, 3.63) is 36.5 Å². The maximum Gasteiger partial charge on any atom is 0.138 e. The third-order valence-electron chi connectivity index (χ3n) is 4.22. The van der Waals surface area contributed by atoms with Crippen molar-refractivity contribution in [2.75, 3.05) is 13.2 Å². The zero-order valence-corrected chi connectivity index (χ0v) is 12.6. The Bertz CT molecular complexity index is 562. The summed E-state index contributed by atoms with van der Waals surface area (Å²) >= 11 is 0. The molecule has 0 atom stereocenters. The average molecular weight is 284 g/mol. The number of nitrogens with zero attached hydrogens (tertiary/aromatic N) is 1. The van der Waals surface area contributed by atoms with Gasteiger partial charge in [-0.2, -0.15) is 0 Å². The van der Waals surface area contributed by atoms with E-state index in [9.17, 15) is 0 Å². The second-order valence-electron chi connectivity index (χ2n) is 5.85. The zero-order chi connectivity index (χ0) is 14.3. The van der Waals surface area contributed by atoms with Crippen molar-refractivity contribution in [2.24, 2.45) is 0 Å². The van der Waals surface area contributed by atoms with Gasteiger partial charge >= 0.3 is 0 Å². The lowest BCUT2D eigenvalue weighted by Crippen LogP contribution is -2.32. The molecular formula is C18H24N2O. The number of pyridine rings is 1. The van der Waals surface area contributed by atoms with Crippen LogP contribution in [0.2, 0.25) is 0 Å². The van der Waals surface area contributed by atoms with Crippen LogP contribution in [0.1, 0.15) is 38.5 Å². The summed E-state index contributed by atoms with van der Waals surface area (Å²) in [5, 5.41) is 4.75. The van der Waals surface area contributed by atoms with Gasteiger partial charge in [-0.15, -0.1) is 0 Å². The molecule has 3 rings (SSSR count). The molecule has 112 valence electrons. The van der Waals surface area contributed by atoms with Crippen LogP contribution in [-0.4, -0.2) is 24.2 Å². The van der Waals surface area contributed by atoms with Crippen LogP contribution in [0, 0.1) is 0 Å². The zero-order valence-electron chi connectivity index (χ0n) is 12.6. The van der Waals surface area contributed by atoms with E-state index in [1.54, 1.807) is 0 Å². The van der Waals surface area contributed by atoms with E-state index in [1.165, 1.54) is 38.5 Å².